The van der Waals surface area contributed by atoms with Crippen LogP contribution in [0.3, 0.4) is 0 Å². The number of nitrogen functional groups attached to an aromatic ring is 1. The molecule has 2 heterocycles. The molecule has 0 unspecified atom stereocenters. The van der Waals surface area contributed by atoms with Gasteiger partial charge in [0.2, 0.25) is 0 Å². The van der Waals surface area contributed by atoms with Crippen LogP contribution in [0.4, 0.5) is 11.4 Å². The van der Waals surface area contributed by atoms with E-state index < -0.39 is 0 Å². The van der Waals surface area contributed by atoms with E-state index in [0.29, 0.717) is 11.4 Å². The van der Waals surface area contributed by atoms with E-state index >= 15 is 0 Å². The maximum atomic E-state index is 12.1. The van der Waals surface area contributed by atoms with Crippen molar-refractivity contribution in [2.45, 2.75) is 6.42 Å². The molecule has 1 aromatic rings. The summed E-state index contributed by atoms with van der Waals surface area (Å²) in [4.78, 5) is 18.8. The third kappa shape index (κ3) is 3.34. The van der Waals surface area contributed by atoms with Gasteiger partial charge in [-0.05, 0) is 32.1 Å². The molecule has 0 aromatic heterocycles. The van der Waals surface area contributed by atoms with Crippen LogP contribution in [0.25, 0.3) is 0 Å². The molecule has 6 nitrogen and oxygen atoms in total. The number of hydrogen-bond acceptors (Lipinski definition) is 5. The van der Waals surface area contributed by atoms with Gasteiger partial charge in [0.25, 0.3) is 5.91 Å². The number of carbonyl (C=O) groups is 1. The van der Waals surface area contributed by atoms with E-state index in [1.54, 1.807) is 6.07 Å². The number of nitrogens with zero attached hydrogens (tertiary/aromatic N) is 3. The molecule has 0 atom stereocenters. The minimum absolute atomic E-state index is 0.0237. The second kappa shape index (κ2) is 6.54. The molecule has 0 bridgehead atoms. The minimum atomic E-state index is 0.0237. The Balaban J connectivity index is 1.57. The van der Waals surface area contributed by atoms with E-state index in [2.05, 4.69) is 16.8 Å². The number of rotatable bonds is 4. The second-order valence-electron chi connectivity index (χ2n) is 6.06. The molecule has 0 radical (unpaired) electrons. The van der Waals surface area contributed by atoms with Crippen LogP contribution in [0, 0.1) is 0 Å². The molecule has 3 rings (SSSR count). The van der Waals surface area contributed by atoms with Crippen LogP contribution in [-0.2, 0) is 4.79 Å². The third-order valence-corrected chi connectivity index (χ3v) is 4.38. The van der Waals surface area contributed by atoms with Gasteiger partial charge < -0.3 is 25.2 Å². The van der Waals surface area contributed by atoms with Crippen LogP contribution in [-0.4, -0.2) is 68.6 Å². The Kier molecular flexibility index (Phi) is 4.49. The number of anilines is 2. The van der Waals surface area contributed by atoms with Crippen molar-refractivity contribution in [1.82, 2.24) is 9.80 Å². The lowest BCUT2D eigenvalue weighted by Crippen LogP contribution is -2.46. The summed E-state index contributed by atoms with van der Waals surface area (Å²) in [5, 5.41) is 0. The number of hydrogen-bond donors (Lipinski definition) is 1. The molecular weight excluding hydrogens is 280 g/mol. The number of ether oxygens (including phenoxy) is 1. The highest BCUT2D eigenvalue weighted by atomic mass is 16.5. The van der Waals surface area contributed by atoms with Crippen molar-refractivity contribution < 1.29 is 9.53 Å². The number of nitrogens with two attached hydrogens (primary N) is 1. The summed E-state index contributed by atoms with van der Waals surface area (Å²) in [6.07, 6.45) is 0.971. The lowest BCUT2D eigenvalue weighted by atomic mass is 10.2. The average Bonchev–Trinajstić information content (AvgIpc) is 2.51. The fourth-order valence-corrected chi connectivity index (χ4v) is 2.99. The molecule has 0 aliphatic carbocycles. The summed E-state index contributed by atoms with van der Waals surface area (Å²) >= 11 is 0. The van der Waals surface area contributed by atoms with Crippen LogP contribution in [0.5, 0.6) is 5.75 Å². The first kappa shape index (κ1) is 15.1. The number of likely N-dealkylation sites (N-methyl/N-ethyl adjacent to an activating group) is 1. The maximum Gasteiger partial charge on any atom is 0.265 e. The van der Waals surface area contributed by atoms with Crippen molar-refractivity contribution >= 4 is 17.3 Å². The van der Waals surface area contributed by atoms with Crippen molar-refractivity contribution in [1.29, 1.82) is 0 Å². The number of piperazine rings is 1. The Labute approximate surface area is 131 Å². The van der Waals surface area contributed by atoms with Gasteiger partial charge in [-0.2, -0.15) is 0 Å². The summed E-state index contributed by atoms with van der Waals surface area (Å²) in [5.74, 6) is 0.731. The largest absolute Gasteiger partial charge is 0.481 e. The average molecular weight is 304 g/mol. The molecule has 0 saturated carbocycles. The fraction of sp³-hybridized carbons (Fsp3) is 0.562. The van der Waals surface area contributed by atoms with Crippen molar-refractivity contribution in [3.05, 3.63) is 18.2 Å². The van der Waals surface area contributed by atoms with E-state index in [0.717, 1.165) is 51.4 Å². The molecule has 22 heavy (non-hydrogen) atoms. The highest BCUT2D eigenvalue weighted by molar-refractivity contribution is 5.98. The normalized spacial score (nSPS) is 19.9. The smallest absolute Gasteiger partial charge is 0.265 e. The van der Waals surface area contributed by atoms with Gasteiger partial charge in [0.05, 0.1) is 5.69 Å². The lowest BCUT2D eigenvalue weighted by molar-refractivity contribution is -0.121. The minimum Gasteiger partial charge on any atom is -0.481 e. The maximum absolute atomic E-state index is 12.1. The standard InChI is InChI=1S/C16H24N4O2/c1-18-7-9-19(10-8-18)5-2-6-20-14-4-3-13(17)11-15(14)22-12-16(20)21/h3-4,11H,2,5-10,12,17H2,1H3. The summed E-state index contributed by atoms with van der Waals surface area (Å²) in [6.45, 7) is 6.33. The number of carbonyl (C=O) groups excluding carboxylic acids is 1. The van der Waals surface area contributed by atoms with Crippen molar-refractivity contribution in [2.75, 3.05) is 63.6 Å². The first-order chi connectivity index (χ1) is 10.6. The quantitative estimate of drug-likeness (QED) is 0.827. The summed E-state index contributed by atoms with van der Waals surface area (Å²) < 4.78 is 5.47. The van der Waals surface area contributed by atoms with Crippen molar-refractivity contribution in [3.8, 4) is 5.75 Å². The molecule has 1 aromatic carbocycles. The predicted molar refractivity (Wildman–Crippen MR) is 87.3 cm³/mol. The number of amides is 1. The van der Waals surface area contributed by atoms with E-state index in [9.17, 15) is 4.79 Å². The van der Waals surface area contributed by atoms with Crippen molar-refractivity contribution in [2.24, 2.45) is 0 Å². The first-order valence-electron chi connectivity index (χ1n) is 7.87. The van der Waals surface area contributed by atoms with Crippen LogP contribution in [0.15, 0.2) is 18.2 Å². The van der Waals surface area contributed by atoms with Crippen LogP contribution < -0.4 is 15.4 Å². The molecular formula is C16H24N4O2. The molecule has 0 spiro atoms. The Hall–Kier alpha value is -1.79. The predicted octanol–water partition coefficient (Wildman–Crippen LogP) is 0.632. The van der Waals surface area contributed by atoms with Gasteiger partial charge in [-0.1, -0.05) is 0 Å². The van der Waals surface area contributed by atoms with E-state index in [-0.39, 0.29) is 12.5 Å². The van der Waals surface area contributed by atoms with E-state index in [1.165, 1.54) is 0 Å². The summed E-state index contributed by atoms with van der Waals surface area (Å²) in [5.41, 5.74) is 7.27. The topological polar surface area (TPSA) is 62.0 Å². The van der Waals surface area contributed by atoms with Gasteiger partial charge in [0, 0.05) is 44.5 Å². The molecule has 2 aliphatic heterocycles. The molecule has 2 aliphatic rings. The molecule has 1 saturated heterocycles. The Morgan fingerprint density at radius 3 is 2.73 bits per heavy atom. The van der Waals surface area contributed by atoms with Crippen LogP contribution in [0.1, 0.15) is 6.42 Å². The third-order valence-electron chi connectivity index (χ3n) is 4.38. The Bertz CT molecular complexity index is 541. The Morgan fingerprint density at radius 1 is 1.18 bits per heavy atom. The molecule has 120 valence electrons. The van der Waals surface area contributed by atoms with Crippen LogP contribution >= 0.6 is 0 Å². The zero-order chi connectivity index (χ0) is 15.5. The van der Waals surface area contributed by atoms with Gasteiger partial charge in [0.1, 0.15) is 5.75 Å². The highest BCUT2D eigenvalue weighted by Crippen LogP contribution is 2.33. The van der Waals surface area contributed by atoms with Gasteiger partial charge in [-0.15, -0.1) is 0 Å². The van der Waals surface area contributed by atoms with Gasteiger partial charge in [-0.25, -0.2) is 0 Å². The zero-order valence-corrected chi connectivity index (χ0v) is 13.1. The zero-order valence-electron chi connectivity index (χ0n) is 13.1. The highest BCUT2D eigenvalue weighted by Gasteiger charge is 2.25. The van der Waals surface area contributed by atoms with Gasteiger partial charge in [-0.3, -0.25) is 4.79 Å². The fourth-order valence-electron chi connectivity index (χ4n) is 2.99. The number of fused-ring (bicyclic) bond motifs is 1. The van der Waals surface area contributed by atoms with Gasteiger partial charge in [0.15, 0.2) is 6.61 Å². The molecule has 1 fully saturated rings. The first-order valence-corrected chi connectivity index (χ1v) is 7.87. The van der Waals surface area contributed by atoms with Crippen LogP contribution in [0.2, 0.25) is 0 Å². The van der Waals surface area contributed by atoms with E-state index in [1.807, 2.05) is 17.0 Å². The lowest BCUT2D eigenvalue weighted by Gasteiger charge is -2.33. The SMILES string of the molecule is CN1CCN(CCCN2C(=O)COc3cc(N)ccc32)CC1. The second-order valence-corrected chi connectivity index (χ2v) is 6.06. The number of benzene rings is 1. The monoisotopic (exact) mass is 304 g/mol. The Morgan fingerprint density at radius 2 is 1.95 bits per heavy atom. The summed E-state index contributed by atoms with van der Waals surface area (Å²) in [6, 6.07) is 5.47. The van der Waals surface area contributed by atoms with E-state index in [4.69, 9.17) is 10.5 Å². The van der Waals surface area contributed by atoms with Crippen molar-refractivity contribution in [3.63, 3.8) is 0 Å². The molecule has 1 amide bonds. The molecule has 2 N–H and O–H groups in total. The summed E-state index contributed by atoms with van der Waals surface area (Å²) in [7, 11) is 2.16. The molecule has 6 heteroatoms. The van der Waals surface area contributed by atoms with Gasteiger partial charge >= 0.3 is 0 Å².